The van der Waals surface area contributed by atoms with Crippen LogP contribution in [0.5, 0.6) is 5.75 Å². The molecule has 0 fully saturated rings. The van der Waals surface area contributed by atoms with E-state index in [1.807, 2.05) is 18.9 Å². The minimum Gasteiger partial charge on any atom is -0.496 e. The van der Waals surface area contributed by atoms with Crippen LogP contribution in [0, 0.1) is 6.92 Å². The lowest BCUT2D eigenvalue weighted by molar-refractivity contribution is 0.112. The Morgan fingerprint density at radius 2 is 2.18 bits per heavy atom. The molecule has 0 atom stereocenters. The number of hydrogen-bond donors (Lipinski definition) is 0. The third-order valence-corrected chi connectivity index (χ3v) is 2.57. The first-order valence-corrected chi connectivity index (χ1v) is 5.50. The molecule has 0 amide bonds. The maximum atomic E-state index is 10.8. The lowest BCUT2D eigenvalue weighted by atomic mass is 10.1. The Morgan fingerprint density at radius 1 is 1.47 bits per heavy atom. The van der Waals surface area contributed by atoms with Gasteiger partial charge in [0.2, 0.25) is 0 Å². The fraction of sp³-hybridized carbons (Fsp3) is 0.385. The minimum absolute atomic E-state index is 0.549. The Balaban J connectivity index is 3.08. The molecule has 0 N–H and O–H groups in total. The predicted molar refractivity (Wildman–Crippen MR) is 69.6 cm³/mol. The van der Waals surface area contributed by atoms with Gasteiger partial charge < -0.3 is 9.64 Å². The van der Waals surface area contributed by atoms with Crippen molar-refractivity contribution in [3.8, 4) is 5.75 Å². The lowest BCUT2D eigenvalue weighted by Gasteiger charge is -2.10. The van der Waals surface area contributed by atoms with Crippen molar-refractivity contribution in [1.82, 2.24) is 4.90 Å². The molecule has 17 heavy (non-hydrogen) atoms. The number of rotatable bonds is 5. The van der Waals surface area contributed by atoms with Crippen LogP contribution in [0.25, 0.3) is 0 Å². The van der Waals surface area contributed by atoms with E-state index < -0.39 is 0 Å². The van der Waals surface area contributed by atoms with Gasteiger partial charge in [-0.05, 0) is 25.5 Å². The van der Waals surface area contributed by atoms with Crippen LogP contribution in [0.3, 0.4) is 0 Å². The van der Waals surface area contributed by atoms with Crippen LogP contribution in [-0.4, -0.2) is 38.2 Å². The van der Waals surface area contributed by atoms with Gasteiger partial charge in [-0.15, -0.1) is 0 Å². The summed E-state index contributed by atoms with van der Waals surface area (Å²) in [6, 6.07) is 3.56. The highest BCUT2D eigenvalue weighted by Crippen LogP contribution is 2.27. The standard InChI is InChI=1S/C13H18N2O2/c1-5-15(3)9-14-12-7-13(17-4)11(8-16)6-10(12)2/h6-9H,5H2,1-4H3. The fourth-order valence-corrected chi connectivity index (χ4v) is 1.35. The normalized spacial score (nSPS) is 10.6. The number of aldehydes is 1. The minimum atomic E-state index is 0.549. The Bertz CT molecular complexity index is 428. The fourth-order valence-electron chi connectivity index (χ4n) is 1.35. The second kappa shape index (κ2) is 6.03. The molecule has 0 radical (unpaired) electrons. The van der Waals surface area contributed by atoms with Crippen molar-refractivity contribution in [3.63, 3.8) is 0 Å². The zero-order chi connectivity index (χ0) is 12.8. The maximum Gasteiger partial charge on any atom is 0.153 e. The van der Waals surface area contributed by atoms with E-state index in [2.05, 4.69) is 11.9 Å². The van der Waals surface area contributed by atoms with E-state index >= 15 is 0 Å². The molecule has 0 saturated carbocycles. The summed E-state index contributed by atoms with van der Waals surface area (Å²) < 4.78 is 5.15. The van der Waals surface area contributed by atoms with E-state index in [-0.39, 0.29) is 0 Å². The Kier molecular flexibility index (Phi) is 4.69. The lowest BCUT2D eigenvalue weighted by Crippen LogP contribution is -2.14. The van der Waals surface area contributed by atoms with E-state index in [0.29, 0.717) is 11.3 Å². The second-order valence-electron chi connectivity index (χ2n) is 3.82. The number of benzene rings is 1. The van der Waals surface area contributed by atoms with E-state index in [9.17, 15) is 4.79 Å². The molecule has 0 aliphatic carbocycles. The zero-order valence-corrected chi connectivity index (χ0v) is 10.7. The quantitative estimate of drug-likeness (QED) is 0.446. The van der Waals surface area contributed by atoms with Gasteiger partial charge in [-0.1, -0.05) is 0 Å². The number of aryl methyl sites for hydroxylation is 1. The summed E-state index contributed by atoms with van der Waals surface area (Å²) in [5, 5.41) is 0. The first-order valence-electron chi connectivity index (χ1n) is 5.50. The third-order valence-electron chi connectivity index (χ3n) is 2.57. The number of carbonyl (C=O) groups is 1. The highest BCUT2D eigenvalue weighted by atomic mass is 16.5. The molecule has 4 nitrogen and oxygen atoms in total. The van der Waals surface area contributed by atoms with Gasteiger partial charge in [-0.2, -0.15) is 0 Å². The van der Waals surface area contributed by atoms with Gasteiger partial charge in [0.25, 0.3) is 0 Å². The largest absolute Gasteiger partial charge is 0.496 e. The van der Waals surface area contributed by atoms with Crippen LogP contribution < -0.4 is 4.74 Å². The number of ether oxygens (including phenoxy) is 1. The molecule has 0 aliphatic rings. The summed E-state index contributed by atoms with van der Waals surface area (Å²) in [5.41, 5.74) is 2.31. The summed E-state index contributed by atoms with van der Waals surface area (Å²) in [6.07, 6.45) is 2.56. The van der Waals surface area contributed by atoms with Gasteiger partial charge in [-0.3, -0.25) is 4.79 Å². The summed E-state index contributed by atoms with van der Waals surface area (Å²) in [7, 11) is 3.50. The van der Waals surface area contributed by atoms with Crippen LogP contribution >= 0.6 is 0 Å². The Labute approximate surface area is 102 Å². The first kappa shape index (κ1) is 13.2. The van der Waals surface area contributed by atoms with Crippen molar-refractivity contribution in [2.75, 3.05) is 20.7 Å². The van der Waals surface area contributed by atoms with Gasteiger partial charge in [0.15, 0.2) is 6.29 Å². The highest BCUT2D eigenvalue weighted by Gasteiger charge is 2.06. The first-order chi connectivity index (χ1) is 8.12. The van der Waals surface area contributed by atoms with Gasteiger partial charge >= 0.3 is 0 Å². The Hall–Kier alpha value is -1.84. The molecule has 0 heterocycles. The molecule has 0 unspecified atom stereocenters. The van der Waals surface area contributed by atoms with Crippen molar-refractivity contribution in [3.05, 3.63) is 23.3 Å². The average Bonchev–Trinajstić information content (AvgIpc) is 2.36. The average molecular weight is 234 g/mol. The molecule has 0 bridgehead atoms. The molecule has 0 spiro atoms. The molecule has 0 aliphatic heterocycles. The van der Waals surface area contributed by atoms with Crippen LogP contribution in [0.1, 0.15) is 22.8 Å². The molecule has 1 rings (SSSR count). The number of hydrogen-bond acceptors (Lipinski definition) is 3. The van der Waals surface area contributed by atoms with Crippen molar-refractivity contribution in [2.24, 2.45) is 4.99 Å². The Morgan fingerprint density at radius 3 is 2.71 bits per heavy atom. The highest BCUT2D eigenvalue weighted by molar-refractivity contribution is 5.82. The number of methoxy groups -OCH3 is 1. The van der Waals surface area contributed by atoms with Crippen molar-refractivity contribution in [2.45, 2.75) is 13.8 Å². The van der Waals surface area contributed by atoms with Gasteiger partial charge in [0.05, 0.1) is 24.7 Å². The molecule has 0 aromatic heterocycles. The molecular weight excluding hydrogens is 216 g/mol. The predicted octanol–water partition coefficient (Wildman–Crippen LogP) is 2.43. The molecule has 1 aromatic carbocycles. The van der Waals surface area contributed by atoms with Crippen molar-refractivity contribution in [1.29, 1.82) is 0 Å². The number of nitrogens with zero attached hydrogens (tertiary/aromatic N) is 2. The summed E-state index contributed by atoms with van der Waals surface area (Å²) in [5.74, 6) is 0.553. The molecule has 4 heteroatoms. The molecule has 1 aromatic rings. The van der Waals surface area contributed by atoms with Gasteiger partial charge in [0, 0.05) is 19.7 Å². The van der Waals surface area contributed by atoms with E-state index in [4.69, 9.17) is 4.74 Å². The topological polar surface area (TPSA) is 41.9 Å². The van der Waals surface area contributed by atoms with E-state index in [1.165, 1.54) is 0 Å². The SMILES string of the molecule is CCN(C)C=Nc1cc(OC)c(C=O)cc1C. The molecule has 0 saturated heterocycles. The number of carbonyl (C=O) groups excluding carboxylic acids is 1. The smallest absolute Gasteiger partial charge is 0.153 e. The van der Waals surface area contributed by atoms with Crippen LogP contribution in [0.15, 0.2) is 17.1 Å². The van der Waals surface area contributed by atoms with Crippen LogP contribution in [-0.2, 0) is 0 Å². The zero-order valence-electron chi connectivity index (χ0n) is 10.7. The van der Waals surface area contributed by atoms with Gasteiger partial charge in [0.1, 0.15) is 5.75 Å². The summed E-state index contributed by atoms with van der Waals surface area (Å²) in [6.45, 7) is 4.87. The van der Waals surface area contributed by atoms with Crippen molar-refractivity contribution >= 4 is 18.3 Å². The maximum absolute atomic E-state index is 10.8. The van der Waals surface area contributed by atoms with Gasteiger partial charge in [-0.25, -0.2) is 4.99 Å². The second-order valence-corrected chi connectivity index (χ2v) is 3.82. The van der Waals surface area contributed by atoms with Crippen LogP contribution in [0.4, 0.5) is 5.69 Å². The van der Waals surface area contributed by atoms with Crippen molar-refractivity contribution < 1.29 is 9.53 Å². The van der Waals surface area contributed by atoms with E-state index in [0.717, 1.165) is 24.1 Å². The van der Waals surface area contributed by atoms with E-state index in [1.54, 1.807) is 25.6 Å². The monoisotopic (exact) mass is 234 g/mol. The molecular formula is C13H18N2O2. The summed E-state index contributed by atoms with van der Waals surface area (Å²) in [4.78, 5) is 17.2. The van der Waals surface area contributed by atoms with Crippen LogP contribution in [0.2, 0.25) is 0 Å². The number of aliphatic imine (C=N–C) groups is 1. The summed E-state index contributed by atoms with van der Waals surface area (Å²) >= 11 is 0. The third kappa shape index (κ3) is 3.31. The molecule has 92 valence electrons.